The first-order valence-corrected chi connectivity index (χ1v) is 3.66. The highest BCUT2D eigenvalue weighted by Crippen LogP contribution is 1.78. The lowest BCUT2D eigenvalue weighted by Crippen LogP contribution is -2.48. The Bertz CT molecular complexity index is 205. The normalized spacial score (nSPS) is 11.5. The minimum absolute atomic E-state index is 0.110. The average Bonchev–Trinajstić information content (AvgIpc) is 2.10. The molecule has 4 N–H and O–H groups in total. The van der Waals surface area contributed by atoms with Gasteiger partial charge in [-0.2, -0.15) is 0 Å². The molecule has 0 aliphatic heterocycles. The van der Waals surface area contributed by atoms with Crippen molar-refractivity contribution >= 4 is 12.0 Å². The summed E-state index contributed by atoms with van der Waals surface area (Å²) in [5, 5.41) is 0. The Hall–Kier alpha value is -1.56. The van der Waals surface area contributed by atoms with Gasteiger partial charge in [0.15, 0.2) is 0 Å². The van der Waals surface area contributed by atoms with Gasteiger partial charge in [-0.25, -0.2) is 10.2 Å². The number of hydrogen-bond donors (Lipinski definition) is 3. The zero-order valence-corrected chi connectivity index (χ0v) is 7.37. The largest absolute Gasteiger partial charge is 0.444 e. The maximum atomic E-state index is 10.7. The van der Waals surface area contributed by atoms with Crippen LogP contribution >= 0.6 is 0 Å². The minimum Gasteiger partial charge on any atom is -0.444 e. The van der Waals surface area contributed by atoms with E-state index in [2.05, 4.69) is 22.2 Å². The molecule has 0 fully saturated rings. The molecular formula is C7H13N3O3. The Kier molecular flexibility index (Phi) is 5.29. The molecule has 0 unspecified atom stereocenters. The monoisotopic (exact) mass is 187 g/mol. The summed E-state index contributed by atoms with van der Waals surface area (Å²) in [6, 6.07) is -0.642. The van der Waals surface area contributed by atoms with Crippen LogP contribution in [0.1, 0.15) is 6.92 Å². The summed E-state index contributed by atoms with van der Waals surface area (Å²) in [5.74, 6) is -0.566. The smallest absolute Gasteiger partial charge is 0.421 e. The van der Waals surface area contributed by atoms with E-state index in [1.54, 1.807) is 0 Å². The van der Waals surface area contributed by atoms with Gasteiger partial charge < -0.3 is 10.5 Å². The van der Waals surface area contributed by atoms with Crippen LogP contribution in [0, 0.1) is 0 Å². The highest BCUT2D eigenvalue weighted by Gasteiger charge is 2.08. The number of hydrogen-bond acceptors (Lipinski definition) is 4. The second-order valence-corrected chi connectivity index (χ2v) is 2.28. The zero-order chi connectivity index (χ0) is 10.3. The number of ether oxygens (including phenoxy) is 1. The Morgan fingerprint density at radius 3 is 2.77 bits per heavy atom. The lowest BCUT2D eigenvalue weighted by Gasteiger charge is -2.10. The summed E-state index contributed by atoms with van der Waals surface area (Å²) in [6.07, 6.45) is 0.741. The molecule has 0 aromatic carbocycles. The van der Waals surface area contributed by atoms with E-state index < -0.39 is 18.0 Å². The molecule has 6 heteroatoms. The Labute approximate surface area is 76.1 Å². The summed E-state index contributed by atoms with van der Waals surface area (Å²) in [7, 11) is 0. The molecule has 1 atom stereocenters. The number of carbonyl (C=O) groups excluding carboxylic acids is 2. The fourth-order valence-electron chi connectivity index (χ4n) is 0.409. The standard InChI is InChI=1S/C7H13N3O3/c1-3-4-13-7(12)10-9-5(2)6(8)11/h3,5,9H,1,4H2,2H3,(H2,8,11)(H,10,12)/t5-/m0/s1. The van der Waals surface area contributed by atoms with E-state index >= 15 is 0 Å². The summed E-state index contributed by atoms with van der Waals surface area (Å²) in [5.41, 5.74) is 9.41. The number of amides is 2. The molecule has 74 valence electrons. The fourth-order valence-corrected chi connectivity index (χ4v) is 0.409. The van der Waals surface area contributed by atoms with Crippen LogP contribution in [0.25, 0.3) is 0 Å². The lowest BCUT2D eigenvalue weighted by atomic mass is 10.3. The molecule has 0 saturated carbocycles. The molecule has 0 aliphatic carbocycles. The van der Waals surface area contributed by atoms with Crippen LogP contribution in [-0.4, -0.2) is 24.6 Å². The first kappa shape index (κ1) is 11.4. The van der Waals surface area contributed by atoms with E-state index in [9.17, 15) is 9.59 Å². The van der Waals surface area contributed by atoms with Crippen molar-refractivity contribution in [2.75, 3.05) is 6.61 Å². The third-order valence-corrected chi connectivity index (χ3v) is 1.15. The minimum atomic E-state index is -0.687. The Morgan fingerprint density at radius 2 is 2.31 bits per heavy atom. The molecular weight excluding hydrogens is 174 g/mol. The van der Waals surface area contributed by atoms with Crippen molar-refractivity contribution in [3.05, 3.63) is 12.7 Å². The van der Waals surface area contributed by atoms with Gasteiger partial charge in [0, 0.05) is 0 Å². The topological polar surface area (TPSA) is 93.4 Å². The molecule has 0 rings (SSSR count). The molecule has 13 heavy (non-hydrogen) atoms. The van der Waals surface area contributed by atoms with Crippen LogP contribution in [0.2, 0.25) is 0 Å². The van der Waals surface area contributed by atoms with Crippen molar-refractivity contribution in [1.82, 2.24) is 10.9 Å². The third-order valence-electron chi connectivity index (χ3n) is 1.15. The maximum absolute atomic E-state index is 10.7. The quantitative estimate of drug-likeness (QED) is 0.391. The van der Waals surface area contributed by atoms with Gasteiger partial charge in [0.25, 0.3) is 0 Å². The third kappa shape index (κ3) is 5.68. The van der Waals surface area contributed by atoms with Crippen molar-refractivity contribution in [2.45, 2.75) is 13.0 Å². The zero-order valence-electron chi connectivity index (χ0n) is 7.37. The molecule has 0 radical (unpaired) electrons. The van der Waals surface area contributed by atoms with E-state index in [4.69, 9.17) is 5.73 Å². The first-order chi connectivity index (χ1) is 6.07. The SMILES string of the molecule is C=CCOC(=O)NN[C@@H](C)C(N)=O. The Balaban J connectivity index is 3.57. The average molecular weight is 187 g/mol. The number of carbonyl (C=O) groups is 2. The second-order valence-electron chi connectivity index (χ2n) is 2.28. The van der Waals surface area contributed by atoms with Crippen molar-refractivity contribution < 1.29 is 14.3 Å². The summed E-state index contributed by atoms with van der Waals surface area (Å²) >= 11 is 0. The van der Waals surface area contributed by atoms with Gasteiger partial charge in [-0.1, -0.05) is 12.7 Å². The van der Waals surface area contributed by atoms with Crippen LogP contribution < -0.4 is 16.6 Å². The van der Waals surface area contributed by atoms with Gasteiger partial charge >= 0.3 is 6.09 Å². The fraction of sp³-hybridized carbons (Fsp3) is 0.429. The van der Waals surface area contributed by atoms with Gasteiger partial charge in [-0.05, 0) is 6.92 Å². The second kappa shape index (κ2) is 6.01. The highest BCUT2D eigenvalue weighted by atomic mass is 16.5. The molecule has 0 bridgehead atoms. The van der Waals surface area contributed by atoms with Crippen LogP contribution in [0.4, 0.5) is 4.79 Å². The summed E-state index contributed by atoms with van der Waals surface area (Å²) < 4.78 is 4.54. The molecule has 0 spiro atoms. The summed E-state index contributed by atoms with van der Waals surface area (Å²) in [4.78, 5) is 21.2. The number of hydrazine groups is 1. The van der Waals surface area contributed by atoms with Crippen LogP contribution in [-0.2, 0) is 9.53 Å². The molecule has 0 heterocycles. The van der Waals surface area contributed by atoms with E-state index in [0.717, 1.165) is 0 Å². The first-order valence-electron chi connectivity index (χ1n) is 3.66. The van der Waals surface area contributed by atoms with Gasteiger partial charge in [-0.15, -0.1) is 0 Å². The van der Waals surface area contributed by atoms with Crippen molar-refractivity contribution in [3.63, 3.8) is 0 Å². The highest BCUT2D eigenvalue weighted by molar-refractivity contribution is 5.79. The van der Waals surface area contributed by atoms with Crippen LogP contribution in [0.5, 0.6) is 0 Å². The number of nitrogens with two attached hydrogens (primary N) is 1. The van der Waals surface area contributed by atoms with Crippen LogP contribution in [0.3, 0.4) is 0 Å². The van der Waals surface area contributed by atoms with Crippen molar-refractivity contribution in [3.8, 4) is 0 Å². The number of primary amides is 1. The van der Waals surface area contributed by atoms with Gasteiger partial charge in [0.2, 0.25) is 5.91 Å². The van der Waals surface area contributed by atoms with Crippen molar-refractivity contribution in [2.24, 2.45) is 5.73 Å². The van der Waals surface area contributed by atoms with E-state index in [1.807, 2.05) is 0 Å². The molecule has 2 amide bonds. The number of nitrogens with one attached hydrogen (secondary N) is 2. The van der Waals surface area contributed by atoms with E-state index in [-0.39, 0.29) is 6.61 Å². The lowest BCUT2D eigenvalue weighted by molar-refractivity contribution is -0.119. The maximum Gasteiger partial charge on any atom is 0.421 e. The Morgan fingerprint density at radius 1 is 1.69 bits per heavy atom. The molecule has 0 aromatic heterocycles. The molecule has 0 aromatic rings. The molecule has 6 nitrogen and oxygen atoms in total. The van der Waals surface area contributed by atoms with Gasteiger partial charge in [0.05, 0.1) is 0 Å². The van der Waals surface area contributed by atoms with Gasteiger partial charge in [-0.3, -0.25) is 10.2 Å². The predicted octanol–water partition coefficient (Wildman–Crippen LogP) is -0.723. The van der Waals surface area contributed by atoms with E-state index in [1.165, 1.54) is 13.0 Å². The molecule has 0 saturated heterocycles. The predicted molar refractivity (Wildman–Crippen MR) is 46.5 cm³/mol. The van der Waals surface area contributed by atoms with Gasteiger partial charge in [0.1, 0.15) is 12.6 Å². The van der Waals surface area contributed by atoms with E-state index in [0.29, 0.717) is 0 Å². The summed E-state index contributed by atoms with van der Waals surface area (Å²) in [6.45, 7) is 4.98. The van der Waals surface area contributed by atoms with Crippen molar-refractivity contribution in [1.29, 1.82) is 0 Å². The molecule has 0 aliphatic rings. The van der Waals surface area contributed by atoms with Crippen LogP contribution in [0.15, 0.2) is 12.7 Å². The number of rotatable bonds is 5.